The highest BCUT2D eigenvalue weighted by Crippen LogP contribution is 2.14. The Kier molecular flexibility index (Phi) is 6.28. The van der Waals surface area contributed by atoms with Gasteiger partial charge in [-0.1, -0.05) is 6.92 Å². The van der Waals surface area contributed by atoms with E-state index in [2.05, 4.69) is 36.1 Å². The molecule has 0 spiro atoms. The van der Waals surface area contributed by atoms with E-state index >= 15 is 0 Å². The Labute approximate surface area is 99.6 Å². The summed E-state index contributed by atoms with van der Waals surface area (Å²) in [7, 11) is 4.34. The third kappa shape index (κ3) is 4.78. The van der Waals surface area contributed by atoms with E-state index in [-0.39, 0.29) is 12.6 Å². The van der Waals surface area contributed by atoms with Gasteiger partial charge in [0.1, 0.15) is 0 Å². The van der Waals surface area contributed by atoms with Crippen LogP contribution >= 0.6 is 0 Å². The molecule has 0 bridgehead atoms. The van der Waals surface area contributed by atoms with Crippen molar-refractivity contribution in [1.29, 1.82) is 0 Å². The highest BCUT2D eigenvalue weighted by Gasteiger charge is 2.21. The first-order valence-corrected chi connectivity index (χ1v) is 6.37. The second-order valence-corrected chi connectivity index (χ2v) is 5.08. The quantitative estimate of drug-likeness (QED) is 0.636. The van der Waals surface area contributed by atoms with Crippen molar-refractivity contribution in [2.24, 2.45) is 5.92 Å². The van der Waals surface area contributed by atoms with Gasteiger partial charge in [-0.05, 0) is 39.5 Å². The zero-order valence-electron chi connectivity index (χ0n) is 10.9. The van der Waals surface area contributed by atoms with Gasteiger partial charge in [0.2, 0.25) is 0 Å². The molecule has 96 valence electrons. The maximum absolute atomic E-state index is 9.21. The van der Waals surface area contributed by atoms with Gasteiger partial charge in [0.05, 0.1) is 6.61 Å². The van der Waals surface area contributed by atoms with Crippen LogP contribution in [0.15, 0.2) is 0 Å². The molecule has 16 heavy (non-hydrogen) atoms. The molecular weight excluding hydrogens is 202 g/mol. The largest absolute Gasteiger partial charge is 0.395 e. The standard InChI is InChI=1S/C12H27N3O/c1-4-13-12(10-16)9-15(3)8-11-5-6-14(2)7-11/h11-13,16H,4-10H2,1-3H3. The molecule has 0 aromatic rings. The minimum Gasteiger partial charge on any atom is -0.395 e. The van der Waals surface area contributed by atoms with Crippen molar-refractivity contribution < 1.29 is 5.11 Å². The average Bonchev–Trinajstić information content (AvgIpc) is 2.63. The van der Waals surface area contributed by atoms with Gasteiger partial charge < -0.3 is 20.2 Å². The van der Waals surface area contributed by atoms with Crippen LogP contribution in [0.25, 0.3) is 0 Å². The highest BCUT2D eigenvalue weighted by molar-refractivity contribution is 4.77. The first-order valence-electron chi connectivity index (χ1n) is 6.37. The number of likely N-dealkylation sites (N-methyl/N-ethyl adjacent to an activating group) is 2. The molecule has 0 aromatic heterocycles. The Hall–Kier alpha value is -0.160. The molecule has 0 amide bonds. The van der Waals surface area contributed by atoms with Crippen LogP contribution in [0.4, 0.5) is 0 Å². The summed E-state index contributed by atoms with van der Waals surface area (Å²) in [5.74, 6) is 0.802. The second kappa shape index (κ2) is 7.22. The summed E-state index contributed by atoms with van der Waals surface area (Å²) in [5, 5.41) is 12.5. The van der Waals surface area contributed by atoms with Crippen molar-refractivity contribution in [1.82, 2.24) is 15.1 Å². The molecule has 1 heterocycles. The molecule has 2 unspecified atom stereocenters. The van der Waals surface area contributed by atoms with Crippen LogP contribution in [0.1, 0.15) is 13.3 Å². The van der Waals surface area contributed by atoms with Crippen LogP contribution in [-0.4, -0.2) is 74.4 Å². The second-order valence-electron chi connectivity index (χ2n) is 5.08. The summed E-state index contributed by atoms with van der Waals surface area (Å²) >= 11 is 0. The minimum atomic E-state index is 0.217. The fourth-order valence-corrected chi connectivity index (χ4v) is 2.54. The van der Waals surface area contributed by atoms with E-state index in [1.807, 2.05) is 0 Å². The maximum atomic E-state index is 9.21. The van der Waals surface area contributed by atoms with Crippen LogP contribution in [-0.2, 0) is 0 Å². The van der Waals surface area contributed by atoms with Crippen molar-refractivity contribution in [2.45, 2.75) is 19.4 Å². The van der Waals surface area contributed by atoms with Crippen LogP contribution in [0.2, 0.25) is 0 Å². The van der Waals surface area contributed by atoms with E-state index in [4.69, 9.17) is 0 Å². The Morgan fingerprint density at radius 1 is 1.56 bits per heavy atom. The van der Waals surface area contributed by atoms with Gasteiger partial charge >= 0.3 is 0 Å². The van der Waals surface area contributed by atoms with Gasteiger partial charge in [-0.3, -0.25) is 0 Å². The molecule has 0 radical (unpaired) electrons. The molecule has 0 saturated carbocycles. The fourth-order valence-electron chi connectivity index (χ4n) is 2.54. The monoisotopic (exact) mass is 229 g/mol. The van der Waals surface area contributed by atoms with Gasteiger partial charge in [0.15, 0.2) is 0 Å². The average molecular weight is 229 g/mol. The molecule has 1 rings (SSSR count). The number of nitrogens with one attached hydrogen (secondary N) is 1. The minimum absolute atomic E-state index is 0.217. The van der Waals surface area contributed by atoms with Crippen LogP contribution in [0.3, 0.4) is 0 Å². The summed E-state index contributed by atoms with van der Waals surface area (Å²) in [6, 6.07) is 0.217. The summed E-state index contributed by atoms with van der Waals surface area (Å²) in [4.78, 5) is 4.74. The summed E-state index contributed by atoms with van der Waals surface area (Å²) < 4.78 is 0. The lowest BCUT2D eigenvalue weighted by Crippen LogP contribution is -2.43. The highest BCUT2D eigenvalue weighted by atomic mass is 16.3. The van der Waals surface area contributed by atoms with Crippen molar-refractivity contribution in [3.8, 4) is 0 Å². The van der Waals surface area contributed by atoms with E-state index in [1.165, 1.54) is 19.5 Å². The SMILES string of the molecule is CCNC(CO)CN(C)CC1CCN(C)C1. The van der Waals surface area contributed by atoms with E-state index in [0.717, 1.165) is 25.6 Å². The molecule has 0 aliphatic carbocycles. The molecule has 4 heteroatoms. The van der Waals surface area contributed by atoms with Gasteiger partial charge in [-0.2, -0.15) is 0 Å². The predicted octanol–water partition coefficient (Wildman–Crippen LogP) is -0.160. The number of nitrogens with zero attached hydrogens (tertiary/aromatic N) is 2. The number of likely N-dealkylation sites (tertiary alicyclic amines) is 1. The van der Waals surface area contributed by atoms with Crippen molar-refractivity contribution in [2.75, 3.05) is 53.4 Å². The summed E-state index contributed by atoms with van der Waals surface area (Å²) in [6.07, 6.45) is 1.31. The Balaban J connectivity index is 2.21. The number of aliphatic hydroxyl groups excluding tert-OH is 1. The number of hydrogen-bond acceptors (Lipinski definition) is 4. The summed E-state index contributed by atoms with van der Waals surface area (Å²) in [5.41, 5.74) is 0. The molecule has 0 aromatic carbocycles. The topological polar surface area (TPSA) is 38.7 Å². The lowest BCUT2D eigenvalue weighted by Gasteiger charge is -2.25. The summed E-state index contributed by atoms with van der Waals surface area (Å²) in [6.45, 7) is 7.75. The van der Waals surface area contributed by atoms with Gasteiger partial charge in [-0.25, -0.2) is 0 Å². The van der Waals surface area contributed by atoms with Crippen molar-refractivity contribution in [3.05, 3.63) is 0 Å². The third-order valence-corrected chi connectivity index (χ3v) is 3.30. The van der Waals surface area contributed by atoms with Gasteiger partial charge in [0, 0.05) is 25.7 Å². The first-order chi connectivity index (χ1) is 7.65. The molecule has 1 aliphatic rings. The molecule has 4 nitrogen and oxygen atoms in total. The smallest absolute Gasteiger partial charge is 0.0597 e. The van der Waals surface area contributed by atoms with Crippen molar-refractivity contribution >= 4 is 0 Å². The Morgan fingerprint density at radius 3 is 2.81 bits per heavy atom. The van der Waals surface area contributed by atoms with Gasteiger partial charge in [-0.15, -0.1) is 0 Å². The lowest BCUT2D eigenvalue weighted by molar-refractivity contribution is 0.187. The first kappa shape index (κ1) is 13.9. The van der Waals surface area contributed by atoms with Crippen LogP contribution in [0, 0.1) is 5.92 Å². The van der Waals surface area contributed by atoms with E-state index in [0.29, 0.717) is 0 Å². The maximum Gasteiger partial charge on any atom is 0.0597 e. The number of hydrogen-bond donors (Lipinski definition) is 2. The zero-order valence-corrected chi connectivity index (χ0v) is 10.9. The van der Waals surface area contributed by atoms with Crippen LogP contribution < -0.4 is 5.32 Å². The zero-order chi connectivity index (χ0) is 12.0. The predicted molar refractivity (Wildman–Crippen MR) is 67.7 cm³/mol. The molecule has 1 saturated heterocycles. The van der Waals surface area contributed by atoms with Gasteiger partial charge in [0.25, 0.3) is 0 Å². The molecule has 2 atom stereocenters. The van der Waals surface area contributed by atoms with E-state index < -0.39 is 0 Å². The fraction of sp³-hybridized carbons (Fsp3) is 1.00. The molecular formula is C12H27N3O. The Morgan fingerprint density at radius 2 is 2.31 bits per heavy atom. The molecule has 2 N–H and O–H groups in total. The lowest BCUT2D eigenvalue weighted by atomic mass is 10.1. The molecule has 1 fully saturated rings. The number of aliphatic hydroxyl groups is 1. The van der Waals surface area contributed by atoms with Crippen molar-refractivity contribution in [3.63, 3.8) is 0 Å². The third-order valence-electron chi connectivity index (χ3n) is 3.30. The Bertz CT molecular complexity index is 183. The normalized spacial score (nSPS) is 24.2. The number of rotatable bonds is 7. The molecule has 1 aliphatic heterocycles. The van der Waals surface area contributed by atoms with E-state index in [1.54, 1.807) is 0 Å². The van der Waals surface area contributed by atoms with Crippen LogP contribution in [0.5, 0.6) is 0 Å². The van der Waals surface area contributed by atoms with E-state index in [9.17, 15) is 5.11 Å².